The summed E-state index contributed by atoms with van der Waals surface area (Å²) >= 11 is 0. The van der Waals surface area contributed by atoms with Crippen LogP contribution in [-0.4, -0.2) is 84.2 Å². The number of aromatic nitrogens is 2. The van der Waals surface area contributed by atoms with Crippen LogP contribution in [0.25, 0.3) is 0 Å². The molecule has 3 N–H and O–H groups in total. The molecule has 1 fully saturated rings. The summed E-state index contributed by atoms with van der Waals surface area (Å²) in [6.45, 7) is 6.27. The molecule has 1 aliphatic rings. The molecule has 3 heterocycles. The number of aromatic amines is 1. The molecule has 0 radical (unpaired) electrons. The Morgan fingerprint density at radius 1 is 1.24 bits per heavy atom. The van der Waals surface area contributed by atoms with Crippen LogP contribution in [0, 0.1) is 5.92 Å². The number of H-pyrrole nitrogens is 1. The van der Waals surface area contributed by atoms with Gasteiger partial charge in [0.2, 0.25) is 5.91 Å². The summed E-state index contributed by atoms with van der Waals surface area (Å²) in [5.41, 5.74) is 4.82. The van der Waals surface area contributed by atoms with E-state index in [0.717, 1.165) is 0 Å². The number of nitrogens with two attached hydrogens (primary N) is 1. The van der Waals surface area contributed by atoms with E-state index in [1.807, 2.05) is 18.7 Å². The SMILES string of the molecule is COCCN(C(=O)CN1CCN(C(=O)c2ccco2)CC1)c1c(N)n(CC(C)C)c(=O)[nH]c1=O. The maximum atomic E-state index is 13.3. The van der Waals surface area contributed by atoms with E-state index in [4.69, 9.17) is 14.9 Å². The van der Waals surface area contributed by atoms with Gasteiger partial charge in [0, 0.05) is 46.4 Å². The van der Waals surface area contributed by atoms with E-state index >= 15 is 0 Å². The van der Waals surface area contributed by atoms with E-state index in [1.54, 1.807) is 17.0 Å². The molecule has 0 spiro atoms. The van der Waals surface area contributed by atoms with Gasteiger partial charge in [-0.2, -0.15) is 0 Å². The van der Waals surface area contributed by atoms with Crippen molar-refractivity contribution in [2.24, 2.45) is 5.92 Å². The highest BCUT2D eigenvalue weighted by Gasteiger charge is 2.28. The van der Waals surface area contributed by atoms with E-state index in [0.29, 0.717) is 32.7 Å². The molecule has 0 bridgehead atoms. The standard InChI is InChI=1S/C22H32N6O6/c1-15(2)13-28-19(23)18(20(30)24-22(28)32)27(10-12-33-3)17(29)14-25-6-8-26(9-7-25)21(31)16-5-4-11-34-16/h4-5,11,15H,6-10,12-14,23H2,1-3H3,(H,24,30,32). The zero-order chi connectivity index (χ0) is 24.8. The van der Waals surface area contributed by atoms with Crippen LogP contribution in [-0.2, 0) is 16.1 Å². The van der Waals surface area contributed by atoms with E-state index in [1.165, 1.54) is 22.8 Å². The lowest BCUT2D eigenvalue weighted by Crippen LogP contribution is -2.52. The molecule has 0 aromatic carbocycles. The van der Waals surface area contributed by atoms with Crippen LogP contribution in [0.3, 0.4) is 0 Å². The van der Waals surface area contributed by atoms with Gasteiger partial charge < -0.3 is 24.7 Å². The number of nitrogen functional groups attached to an aromatic ring is 1. The van der Waals surface area contributed by atoms with E-state index in [9.17, 15) is 19.2 Å². The smallest absolute Gasteiger partial charge is 0.330 e. The van der Waals surface area contributed by atoms with Gasteiger partial charge in [0.25, 0.3) is 11.5 Å². The number of furan rings is 1. The number of hydrogen-bond donors (Lipinski definition) is 2. The second-order valence-corrected chi connectivity index (χ2v) is 8.58. The highest BCUT2D eigenvalue weighted by Crippen LogP contribution is 2.18. The Balaban J connectivity index is 1.75. The average molecular weight is 477 g/mol. The third kappa shape index (κ3) is 5.75. The van der Waals surface area contributed by atoms with Crippen molar-refractivity contribution < 1.29 is 18.7 Å². The Labute approximate surface area is 196 Å². The molecule has 1 aliphatic heterocycles. The van der Waals surface area contributed by atoms with Crippen LogP contribution in [0.5, 0.6) is 0 Å². The van der Waals surface area contributed by atoms with Crippen molar-refractivity contribution in [1.29, 1.82) is 0 Å². The first kappa shape index (κ1) is 25.2. The minimum atomic E-state index is -0.721. The largest absolute Gasteiger partial charge is 0.459 e. The first-order valence-electron chi connectivity index (χ1n) is 11.2. The first-order valence-corrected chi connectivity index (χ1v) is 11.2. The van der Waals surface area contributed by atoms with Gasteiger partial charge in [-0.3, -0.25) is 28.8 Å². The zero-order valence-corrected chi connectivity index (χ0v) is 19.8. The first-order chi connectivity index (χ1) is 16.2. The third-order valence-corrected chi connectivity index (χ3v) is 5.60. The quantitative estimate of drug-likeness (QED) is 0.506. The number of nitrogens with zero attached hydrogens (tertiary/aromatic N) is 4. The van der Waals surface area contributed by atoms with Crippen molar-refractivity contribution in [1.82, 2.24) is 19.4 Å². The van der Waals surface area contributed by atoms with Gasteiger partial charge in [0.1, 0.15) is 5.82 Å². The molecule has 0 unspecified atom stereocenters. The predicted molar refractivity (Wildman–Crippen MR) is 126 cm³/mol. The number of rotatable bonds is 9. The van der Waals surface area contributed by atoms with Crippen molar-refractivity contribution in [2.45, 2.75) is 20.4 Å². The van der Waals surface area contributed by atoms with Crippen molar-refractivity contribution in [3.63, 3.8) is 0 Å². The third-order valence-electron chi connectivity index (χ3n) is 5.60. The molecular formula is C22H32N6O6. The maximum Gasteiger partial charge on any atom is 0.330 e. The van der Waals surface area contributed by atoms with Crippen LogP contribution in [0.2, 0.25) is 0 Å². The molecule has 0 atom stereocenters. The van der Waals surface area contributed by atoms with E-state index < -0.39 is 11.2 Å². The van der Waals surface area contributed by atoms with Crippen LogP contribution >= 0.6 is 0 Å². The molecule has 0 saturated carbocycles. The summed E-state index contributed by atoms with van der Waals surface area (Å²) in [5.74, 6) is -0.219. The lowest BCUT2D eigenvalue weighted by Gasteiger charge is -2.35. The second-order valence-electron chi connectivity index (χ2n) is 8.58. The molecule has 1 saturated heterocycles. The highest BCUT2D eigenvalue weighted by atomic mass is 16.5. The summed E-state index contributed by atoms with van der Waals surface area (Å²) in [5, 5.41) is 0. The molecule has 12 heteroatoms. The molecule has 2 aromatic heterocycles. The molecule has 12 nitrogen and oxygen atoms in total. The van der Waals surface area contributed by atoms with Crippen LogP contribution in [0.4, 0.5) is 11.5 Å². The Morgan fingerprint density at radius 2 is 1.94 bits per heavy atom. The summed E-state index contributed by atoms with van der Waals surface area (Å²) in [6, 6.07) is 3.28. The number of piperazine rings is 1. The number of nitrogens with one attached hydrogen (secondary N) is 1. The van der Waals surface area contributed by atoms with Crippen LogP contribution in [0.1, 0.15) is 24.4 Å². The topological polar surface area (TPSA) is 147 Å². The number of anilines is 2. The van der Waals surface area contributed by atoms with Crippen LogP contribution < -0.4 is 21.9 Å². The second kappa shape index (κ2) is 11.2. The number of ether oxygens (including phenoxy) is 1. The fourth-order valence-corrected chi connectivity index (χ4v) is 3.87. The average Bonchev–Trinajstić information content (AvgIpc) is 3.33. The van der Waals surface area contributed by atoms with Gasteiger partial charge in [-0.25, -0.2) is 4.79 Å². The van der Waals surface area contributed by atoms with Gasteiger partial charge in [-0.1, -0.05) is 13.8 Å². The minimum absolute atomic E-state index is 0.0225. The Bertz CT molecular complexity index is 1100. The van der Waals surface area contributed by atoms with Gasteiger partial charge in [0.15, 0.2) is 11.4 Å². The number of methoxy groups -OCH3 is 1. The normalized spacial score (nSPS) is 14.5. The maximum absolute atomic E-state index is 13.3. The summed E-state index contributed by atoms with van der Waals surface area (Å²) < 4.78 is 11.6. The zero-order valence-electron chi connectivity index (χ0n) is 19.8. The fourth-order valence-electron chi connectivity index (χ4n) is 3.87. The highest BCUT2D eigenvalue weighted by molar-refractivity contribution is 5.97. The van der Waals surface area contributed by atoms with E-state index in [-0.39, 0.29) is 54.7 Å². The number of carbonyl (C=O) groups is 2. The molecule has 0 aliphatic carbocycles. The molecule has 2 amide bonds. The monoisotopic (exact) mass is 476 g/mol. The Hall–Kier alpha value is -3.38. The van der Waals surface area contributed by atoms with Crippen molar-refractivity contribution in [2.75, 3.05) is 63.6 Å². The lowest BCUT2D eigenvalue weighted by atomic mass is 10.2. The summed E-state index contributed by atoms with van der Waals surface area (Å²) in [4.78, 5) is 57.8. The molecular weight excluding hydrogens is 444 g/mol. The van der Waals surface area contributed by atoms with Crippen molar-refractivity contribution >= 4 is 23.3 Å². The van der Waals surface area contributed by atoms with Crippen LogP contribution in [0.15, 0.2) is 32.4 Å². The number of amides is 2. The Kier molecular flexibility index (Phi) is 8.29. The predicted octanol–water partition coefficient (Wildman–Crippen LogP) is -0.195. The summed E-state index contributed by atoms with van der Waals surface area (Å²) in [7, 11) is 1.49. The molecule has 2 aromatic rings. The summed E-state index contributed by atoms with van der Waals surface area (Å²) in [6.07, 6.45) is 1.45. The molecule has 34 heavy (non-hydrogen) atoms. The minimum Gasteiger partial charge on any atom is -0.459 e. The Morgan fingerprint density at radius 3 is 2.53 bits per heavy atom. The van der Waals surface area contributed by atoms with Gasteiger partial charge in [-0.05, 0) is 18.1 Å². The lowest BCUT2D eigenvalue weighted by molar-refractivity contribution is -0.120. The van der Waals surface area contributed by atoms with Gasteiger partial charge >= 0.3 is 5.69 Å². The molecule has 186 valence electrons. The van der Waals surface area contributed by atoms with Crippen molar-refractivity contribution in [3.05, 3.63) is 45.0 Å². The molecule has 3 rings (SSSR count). The van der Waals surface area contributed by atoms with Gasteiger partial charge in [0.05, 0.1) is 19.4 Å². The fraction of sp³-hybridized carbons (Fsp3) is 0.545. The van der Waals surface area contributed by atoms with E-state index in [2.05, 4.69) is 4.98 Å². The van der Waals surface area contributed by atoms with Gasteiger partial charge in [-0.15, -0.1) is 0 Å². The number of hydrogen-bond acceptors (Lipinski definition) is 8. The van der Waals surface area contributed by atoms with Crippen molar-refractivity contribution in [3.8, 4) is 0 Å². The number of carbonyl (C=O) groups excluding carboxylic acids is 2.